The molecular formula is C12H15FO7. The molecule has 0 spiro atoms. The number of esters is 3. The minimum atomic E-state index is -2.10. The van der Waals surface area contributed by atoms with Crippen molar-refractivity contribution in [2.45, 2.75) is 50.9 Å². The molecule has 1 aliphatic heterocycles. The van der Waals surface area contributed by atoms with E-state index < -0.39 is 41.6 Å². The van der Waals surface area contributed by atoms with Crippen LogP contribution in [0.25, 0.3) is 0 Å². The van der Waals surface area contributed by atoms with Crippen LogP contribution in [0.15, 0.2) is 0 Å². The predicted octanol–water partition coefficient (Wildman–Crippen LogP) is 0.251. The summed E-state index contributed by atoms with van der Waals surface area (Å²) in [7, 11) is 0. The van der Waals surface area contributed by atoms with Crippen LogP contribution in [-0.2, 0) is 33.3 Å². The highest BCUT2D eigenvalue weighted by atomic mass is 19.1. The van der Waals surface area contributed by atoms with Crippen molar-refractivity contribution in [1.29, 1.82) is 0 Å². The number of carbonyl (C=O) groups is 3. The fourth-order valence-corrected chi connectivity index (χ4v) is 2.45. The molecule has 0 N–H and O–H groups in total. The van der Waals surface area contributed by atoms with Gasteiger partial charge >= 0.3 is 17.9 Å². The highest BCUT2D eigenvalue weighted by molar-refractivity contribution is 5.69. The summed E-state index contributed by atoms with van der Waals surface area (Å²) in [5, 5.41) is 0. The summed E-state index contributed by atoms with van der Waals surface area (Å²) in [6.07, 6.45) is -2.65. The van der Waals surface area contributed by atoms with Gasteiger partial charge in [-0.2, -0.15) is 0 Å². The van der Waals surface area contributed by atoms with Crippen molar-refractivity contribution < 1.29 is 37.7 Å². The maximum atomic E-state index is 14.7. The van der Waals surface area contributed by atoms with Crippen LogP contribution in [0.5, 0.6) is 0 Å². The summed E-state index contributed by atoms with van der Waals surface area (Å²) in [4.78, 5) is 32.9. The van der Waals surface area contributed by atoms with E-state index in [1.165, 1.54) is 6.92 Å². The zero-order valence-electron chi connectivity index (χ0n) is 11.3. The Morgan fingerprint density at radius 3 is 2.35 bits per heavy atom. The molecule has 8 heteroatoms. The van der Waals surface area contributed by atoms with Crippen LogP contribution in [0.1, 0.15) is 27.2 Å². The van der Waals surface area contributed by atoms with Crippen molar-refractivity contribution in [1.82, 2.24) is 0 Å². The van der Waals surface area contributed by atoms with Gasteiger partial charge in [0.1, 0.15) is 12.7 Å². The number of fused-ring (bicyclic) bond motifs is 1. The first-order valence-electron chi connectivity index (χ1n) is 6.06. The zero-order chi connectivity index (χ0) is 15.1. The van der Waals surface area contributed by atoms with Gasteiger partial charge in [-0.3, -0.25) is 14.4 Å². The van der Waals surface area contributed by atoms with Crippen molar-refractivity contribution in [3.05, 3.63) is 0 Å². The third-order valence-corrected chi connectivity index (χ3v) is 3.32. The minimum Gasteiger partial charge on any atom is -0.463 e. The lowest BCUT2D eigenvalue weighted by Crippen LogP contribution is -2.38. The Bertz CT molecular complexity index is 465. The Labute approximate surface area is 114 Å². The highest BCUT2D eigenvalue weighted by Gasteiger charge is 2.86. The Hall–Kier alpha value is -1.70. The first kappa shape index (κ1) is 14.7. The van der Waals surface area contributed by atoms with E-state index in [2.05, 4.69) is 0 Å². The molecule has 20 heavy (non-hydrogen) atoms. The van der Waals surface area contributed by atoms with Crippen molar-refractivity contribution in [2.24, 2.45) is 0 Å². The van der Waals surface area contributed by atoms with E-state index in [4.69, 9.17) is 18.9 Å². The van der Waals surface area contributed by atoms with E-state index in [0.29, 0.717) is 0 Å². The molecule has 2 rings (SSSR count). The maximum Gasteiger partial charge on any atom is 0.305 e. The Morgan fingerprint density at radius 2 is 1.85 bits per heavy atom. The molecule has 0 bridgehead atoms. The second-order valence-corrected chi connectivity index (χ2v) is 4.89. The third kappa shape index (κ3) is 2.24. The monoisotopic (exact) mass is 290 g/mol. The molecule has 7 nitrogen and oxygen atoms in total. The maximum absolute atomic E-state index is 14.7. The molecule has 112 valence electrons. The van der Waals surface area contributed by atoms with E-state index in [1.54, 1.807) is 0 Å². The average molecular weight is 290 g/mol. The summed E-state index contributed by atoms with van der Waals surface area (Å²) >= 11 is 0. The smallest absolute Gasteiger partial charge is 0.305 e. The molecule has 4 atom stereocenters. The van der Waals surface area contributed by atoms with Crippen LogP contribution < -0.4 is 0 Å². The van der Waals surface area contributed by atoms with Crippen molar-refractivity contribution in [3.8, 4) is 0 Å². The quantitative estimate of drug-likeness (QED) is 0.541. The molecular weight excluding hydrogens is 275 g/mol. The molecule has 0 radical (unpaired) electrons. The molecule has 2 unspecified atom stereocenters. The molecule has 1 aliphatic carbocycles. The molecule has 2 fully saturated rings. The van der Waals surface area contributed by atoms with Crippen LogP contribution >= 0.6 is 0 Å². The number of ether oxygens (including phenoxy) is 4. The van der Waals surface area contributed by atoms with Gasteiger partial charge in [-0.05, 0) is 0 Å². The first-order valence-corrected chi connectivity index (χ1v) is 6.06. The molecule has 1 saturated carbocycles. The normalized spacial score (nSPS) is 37.8. The average Bonchev–Trinajstić information content (AvgIpc) is 2.81. The molecule has 1 heterocycles. The molecule has 0 aromatic heterocycles. The van der Waals surface area contributed by atoms with E-state index in [1.807, 2.05) is 0 Å². The molecule has 0 aromatic carbocycles. The number of carbonyl (C=O) groups excluding carboxylic acids is 3. The van der Waals surface area contributed by atoms with Crippen molar-refractivity contribution in [3.63, 3.8) is 0 Å². The Morgan fingerprint density at radius 1 is 1.20 bits per heavy atom. The van der Waals surface area contributed by atoms with E-state index in [-0.39, 0.29) is 13.0 Å². The number of alkyl halides is 1. The molecule has 1 saturated heterocycles. The fourth-order valence-electron chi connectivity index (χ4n) is 2.45. The van der Waals surface area contributed by atoms with Crippen LogP contribution in [0.4, 0.5) is 4.39 Å². The van der Waals surface area contributed by atoms with Gasteiger partial charge in [-0.1, -0.05) is 0 Å². The Kier molecular flexibility index (Phi) is 3.45. The summed E-state index contributed by atoms with van der Waals surface area (Å²) < 4.78 is 34.4. The summed E-state index contributed by atoms with van der Waals surface area (Å²) in [6, 6.07) is 0. The number of hydrogen-bond acceptors (Lipinski definition) is 7. The molecule has 0 aromatic rings. The lowest BCUT2D eigenvalue weighted by molar-refractivity contribution is -0.198. The first-order chi connectivity index (χ1) is 9.21. The van der Waals surface area contributed by atoms with Gasteiger partial charge in [0, 0.05) is 27.2 Å². The molecule has 0 amide bonds. The van der Waals surface area contributed by atoms with E-state index >= 15 is 0 Å². The minimum absolute atomic E-state index is 0.163. The fraction of sp³-hybridized carbons (Fsp3) is 0.750. The standard InChI is InChI=1S/C12H15FO7/c1-6(14)17-4-9-12(20-8(3)16)5-11(12,13)10(19-9)18-7(2)15/h9-10H,4-5H2,1-3H3/t9-,10-,11?,12?/m1/s1. The molecule has 2 aliphatic rings. The van der Waals surface area contributed by atoms with Gasteiger partial charge in [0.15, 0.2) is 5.60 Å². The third-order valence-electron chi connectivity index (χ3n) is 3.32. The van der Waals surface area contributed by atoms with Gasteiger partial charge in [-0.25, -0.2) is 4.39 Å². The number of rotatable bonds is 4. The second kappa shape index (κ2) is 4.69. The van der Waals surface area contributed by atoms with E-state index in [0.717, 1.165) is 13.8 Å². The van der Waals surface area contributed by atoms with Crippen LogP contribution in [0, 0.1) is 0 Å². The van der Waals surface area contributed by atoms with Crippen molar-refractivity contribution >= 4 is 17.9 Å². The lowest BCUT2D eigenvalue weighted by Gasteiger charge is -2.21. The SMILES string of the molecule is CC(=O)OC[C@H]1O[C@@H](OC(C)=O)C2(F)CC12OC(C)=O. The van der Waals surface area contributed by atoms with Crippen molar-refractivity contribution in [2.75, 3.05) is 6.61 Å². The van der Waals surface area contributed by atoms with E-state index in [9.17, 15) is 18.8 Å². The number of hydrogen-bond donors (Lipinski definition) is 0. The zero-order valence-corrected chi connectivity index (χ0v) is 11.3. The van der Waals surface area contributed by atoms with Gasteiger partial charge in [-0.15, -0.1) is 0 Å². The predicted molar refractivity (Wildman–Crippen MR) is 60.0 cm³/mol. The summed E-state index contributed by atoms with van der Waals surface area (Å²) in [6.45, 7) is 3.15. The van der Waals surface area contributed by atoms with Gasteiger partial charge in [0.05, 0.1) is 0 Å². The summed E-state index contributed by atoms with van der Waals surface area (Å²) in [5.41, 5.74) is -3.66. The largest absolute Gasteiger partial charge is 0.463 e. The van der Waals surface area contributed by atoms with Gasteiger partial charge < -0.3 is 18.9 Å². The topological polar surface area (TPSA) is 88.1 Å². The number of halogens is 1. The Balaban J connectivity index is 2.16. The summed E-state index contributed by atoms with van der Waals surface area (Å²) in [5.74, 6) is -1.99. The van der Waals surface area contributed by atoms with Crippen LogP contribution in [-0.4, -0.2) is 48.2 Å². The second-order valence-electron chi connectivity index (χ2n) is 4.89. The van der Waals surface area contributed by atoms with Crippen LogP contribution in [0.3, 0.4) is 0 Å². The van der Waals surface area contributed by atoms with Gasteiger partial charge in [0.2, 0.25) is 12.0 Å². The highest BCUT2D eigenvalue weighted by Crippen LogP contribution is 2.64. The van der Waals surface area contributed by atoms with Crippen LogP contribution in [0.2, 0.25) is 0 Å². The lowest BCUT2D eigenvalue weighted by atomic mass is 10.1. The van der Waals surface area contributed by atoms with Gasteiger partial charge in [0.25, 0.3) is 0 Å².